The number of hydrogen-bond donors (Lipinski definition) is 0. The smallest absolute Gasteiger partial charge is 0.420 e. The van der Waals surface area contributed by atoms with Crippen LogP contribution < -0.4 is 5.76 Å². The number of hydrogen-bond acceptors (Lipinski definition) is 7. The fourth-order valence-corrected chi connectivity index (χ4v) is 2.50. The molecule has 0 aliphatic carbocycles. The van der Waals surface area contributed by atoms with E-state index in [9.17, 15) is 9.59 Å². The number of oxazole rings is 1. The van der Waals surface area contributed by atoms with Gasteiger partial charge in [0.1, 0.15) is 6.54 Å². The van der Waals surface area contributed by atoms with Gasteiger partial charge in [-0.15, -0.1) is 0 Å². The van der Waals surface area contributed by atoms with Crippen LogP contribution >= 0.6 is 0 Å². The summed E-state index contributed by atoms with van der Waals surface area (Å²) in [5.41, 5.74) is 1.73. The zero-order valence-corrected chi connectivity index (χ0v) is 13.5. The van der Waals surface area contributed by atoms with Gasteiger partial charge in [0, 0.05) is 5.56 Å². The molecule has 0 radical (unpaired) electrons. The first kappa shape index (κ1) is 15.8. The zero-order chi connectivity index (χ0) is 17.9. The molecule has 2 heterocycles. The van der Waals surface area contributed by atoms with E-state index >= 15 is 0 Å². The summed E-state index contributed by atoms with van der Waals surface area (Å²) in [6.07, 6.45) is 0. The molecule has 0 fully saturated rings. The molecule has 0 saturated heterocycles. The second kappa shape index (κ2) is 6.67. The van der Waals surface area contributed by atoms with Crippen LogP contribution in [-0.2, 0) is 22.7 Å². The van der Waals surface area contributed by atoms with Crippen molar-refractivity contribution in [3.8, 4) is 11.4 Å². The van der Waals surface area contributed by atoms with Crippen molar-refractivity contribution in [2.24, 2.45) is 0 Å². The maximum atomic E-state index is 12.0. The molecule has 8 heteroatoms. The Morgan fingerprint density at radius 1 is 1.08 bits per heavy atom. The van der Waals surface area contributed by atoms with E-state index in [4.69, 9.17) is 13.7 Å². The minimum absolute atomic E-state index is 0.168. The first-order chi connectivity index (χ1) is 12.7. The predicted molar refractivity (Wildman–Crippen MR) is 90.0 cm³/mol. The van der Waals surface area contributed by atoms with Gasteiger partial charge in [0.25, 0.3) is 5.89 Å². The molecule has 0 aliphatic rings. The minimum atomic E-state index is -0.618. The average Bonchev–Trinajstić information content (AvgIpc) is 3.26. The fraction of sp³-hybridized carbons (Fsp3) is 0.111. The Morgan fingerprint density at radius 2 is 1.85 bits per heavy atom. The van der Waals surface area contributed by atoms with Crippen LogP contribution in [0.4, 0.5) is 0 Å². The van der Waals surface area contributed by atoms with E-state index in [0.29, 0.717) is 16.9 Å². The van der Waals surface area contributed by atoms with Crippen molar-refractivity contribution in [2.75, 3.05) is 0 Å². The number of esters is 1. The van der Waals surface area contributed by atoms with Crippen molar-refractivity contribution in [1.29, 1.82) is 0 Å². The Bertz CT molecular complexity index is 1110. The average molecular weight is 351 g/mol. The van der Waals surface area contributed by atoms with Crippen molar-refractivity contribution >= 4 is 17.1 Å². The first-order valence-corrected chi connectivity index (χ1v) is 7.83. The second-order valence-corrected chi connectivity index (χ2v) is 5.46. The van der Waals surface area contributed by atoms with E-state index in [2.05, 4.69) is 10.1 Å². The number of para-hydroxylation sites is 2. The van der Waals surface area contributed by atoms with Gasteiger partial charge in [-0.2, -0.15) is 4.98 Å². The first-order valence-electron chi connectivity index (χ1n) is 7.83. The van der Waals surface area contributed by atoms with Crippen LogP contribution in [0.2, 0.25) is 0 Å². The van der Waals surface area contributed by atoms with Crippen LogP contribution in [0.15, 0.2) is 68.3 Å². The van der Waals surface area contributed by atoms with Crippen molar-refractivity contribution in [1.82, 2.24) is 14.7 Å². The van der Waals surface area contributed by atoms with Gasteiger partial charge in [-0.1, -0.05) is 47.6 Å². The molecule has 0 saturated carbocycles. The molecule has 0 bridgehead atoms. The molecule has 4 rings (SSSR count). The molecular weight excluding hydrogens is 338 g/mol. The van der Waals surface area contributed by atoms with Gasteiger partial charge in [-0.3, -0.25) is 9.36 Å². The standard InChI is InChI=1S/C18H13N3O5/c22-16(10-21-13-8-4-5-9-14(13)25-18(21)23)24-11-15-19-17(20-26-15)12-6-2-1-3-7-12/h1-9H,10-11H2. The van der Waals surface area contributed by atoms with Crippen molar-refractivity contribution in [2.45, 2.75) is 13.2 Å². The molecule has 0 atom stereocenters. The van der Waals surface area contributed by atoms with Crippen LogP contribution in [0.5, 0.6) is 0 Å². The maximum Gasteiger partial charge on any atom is 0.420 e. The number of benzene rings is 2. The van der Waals surface area contributed by atoms with Crippen LogP contribution in [-0.4, -0.2) is 20.7 Å². The quantitative estimate of drug-likeness (QED) is 0.509. The number of ether oxygens (including phenoxy) is 1. The largest absolute Gasteiger partial charge is 0.454 e. The van der Waals surface area contributed by atoms with Crippen LogP contribution in [0.25, 0.3) is 22.5 Å². The van der Waals surface area contributed by atoms with Gasteiger partial charge in [-0.25, -0.2) is 4.79 Å². The number of aromatic nitrogens is 3. The van der Waals surface area contributed by atoms with E-state index in [1.807, 2.05) is 30.3 Å². The lowest BCUT2D eigenvalue weighted by Gasteiger charge is -2.02. The highest BCUT2D eigenvalue weighted by Crippen LogP contribution is 2.15. The lowest BCUT2D eigenvalue weighted by atomic mass is 10.2. The summed E-state index contributed by atoms with van der Waals surface area (Å²) < 4.78 is 16.5. The Balaban J connectivity index is 1.42. The summed E-state index contributed by atoms with van der Waals surface area (Å²) in [7, 11) is 0. The minimum Gasteiger partial charge on any atom is -0.454 e. The van der Waals surface area contributed by atoms with Crippen LogP contribution in [0.1, 0.15) is 5.89 Å². The number of rotatable bonds is 5. The van der Waals surface area contributed by atoms with Gasteiger partial charge in [0.15, 0.2) is 12.2 Å². The van der Waals surface area contributed by atoms with Crippen LogP contribution in [0, 0.1) is 0 Å². The Kier molecular flexibility index (Phi) is 4.06. The number of fused-ring (bicyclic) bond motifs is 1. The second-order valence-electron chi connectivity index (χ2n) is 5.46. The third-order valence-corrected chi connectivity index (χ3v) is 3.72. The molecule has 2 aromatic carbocycles. The molecule has 130 valence electrons. The van der Waals surface area contributed by atoms with E-state index in [1.165, 1.54) is 4.57 Å². The molecule has 2 aromatic heterocycles. The summed E-state index contributed by atoms with van der Waals surface area (Å²) in [6.45, 7) is -0.446. The Labute approximate surface area is 146 Å². The normalized spacial score (nSPS) is 10.9. The molecule has 0 aliphatic heterocycles. The molecular formula is C18H13N3O5. The molecule has 8 nitrogen and oxygen atoms in total. The van der Waals surface area contributed by atoms with Gasteiger partial charge < -0.3 is 13.7 Å². The predicted octanol–water partition coefficient (Wildman–Crippen LogP) is 2.39. The SMILES string of the molecule is O=C(Cn1c(=O)oc2ccccc21)OCc1nc(-c2ccccc2)no1. The third-order valence-electron chi connectivity index (χ3n) is 3.72. The zero-order valence-electron chi connectivity index (χ0n) is 13.5. The monoisotopic (exact) mass is 351 g/mol. The molecule has 26 heavy (non-hydrogen) atoms. The number of carbonyl (C=O) groups excluding carboxylic acids is 1. The molecule has 0 unspecified atom stereocenters. The highest BCUT2D eigenvalue weighted by Gasteiger charge is 2.15. The third kappa shape index (κ3) is 3.12. The summed E-state index contributed by atoms with van der Waals surface area (Å²) in [5, 5.41) is 3.85. The fourth-order valence-electron chi connectivity index (χ4n) is 2.50. The van der Waals surface area contributed by atoms with Gasteiger partial charge in [0.05, 0.1) is 5.52 Å². The molecule has 0 amide bonds. The highest BCUT2D eigenvalue weighted by atomic mass is 16.6. The number of carbonyl (C=O) groups is 1. The lowest BCUT2D eigenvalue weighted by Crippen LogP contribution is -2.21. The lowest BCUT2D eigenvalue weighted by molar-refractivity contribution is -0.146. The topological polar surface area (TPSA) is 100 Å². The van der Waals surface area contributed by atoms with E-state index in [0.717, 1.165) is 5.56 Å². The summed E-state index contributed by atoms with van der Waals surface area (Å²) in [5.74, 6) is -0.652. The van der Waals surface area contributed by atoms with Crippen molar-refractivity contribution in [3.05, 3.63) is 71.0 Å². The van der Waals surface area contributed by atoms with E-state index in [-0.39, 0.29) is 19.0 Å². The summed E-state index contributed by atoms with van der Waals surface area (Å²) >= 11 is 0. The van der Waals surface area contributed by atoms with Gasteiger partial charge in [-0.05, 0) is 12.1 Å². The van der Waals surface area contributed by atoms with Crippen molar-refractivity contribution in [3.63, 3.8) is 0 Å². The molecule has 0 spiro atoms. The number of nitrogens with zero attached hydrogens (tertiary/aromatic N) is 3. The highest BCUT2D eigenvalue weighted by molar-refractivity contribution is 5.76. The maximum absolute atomic E-state index is 12.0. The summed E-state index contributed by atoms with van der Waals surface area (Å²) in [4.78, 5) is 28.1. The molecule has 0 N–H and O–H groups in total. The van der Waals surface area contributed by atoms with E-state index < -0.39 is 11.7 Å². The van der Waals surface area contributed by atoms with Gasteiger partial charge in [0.2, 0.25) is 5.82 Å². The van der Waals surface area contributed by atoms with Crippen LogP contribution in [0.3, 0.4) is 0 Å². The molecule has 4 aromatic rings. The van der Waals surface area contributed by atoms with E-state index in [1.54, 1.807) is 24.3 Å². The Morgan fingerprint density at radius 3 is 2.69 bits per heavy atom. The summed E-state index contributed by atoms with van der Waals surface area (Å²) in [6, 6.07) is 16.1. The van der Waals surface area contributed by atoms with Crippen molar-refractivity contribution < 1.29 is 18.5 Å². The Hall–Kier alpha value is -3.68. The van der Waals surface area contributed by atoms with Gasteiger partial charge >= 0.3 is 11.7 Å².